The maximum atomic E-state index is 9.68. The van der Waals surface area contributed by atoms with Gasteiger partial charge in [-0.15, -0.1) is 0 Å². The molecule has 3 nitrogen and oxygen atoms in total. The lowest BCUT2D eigenvalue weighted by Crippen LogP contribution is -1.98. The quantitative estimate of drug-likeness (QED) is 0.865. The second-order valence-corrected chi connectivity index (χ2v) is 3.57. The maximum absolute atomic E-state index is 9.68. The Morgan fingerprint density at radius 2 is 2.00 bits per heavy atom. The van der Waals surface area contributed by atoms with Crippen LogP contribution in [0.15, 0.2) is 12.1 Å². The summed E-state index contributed by atoms with van der Waals surface area (Å²) in [5.41, 5.74) is 0.736. The summed E-state index contributed by atoms with van der Waals surface area (Å²) in [4.78, 5) is 0. The lowest BCUT2D eigenvalue weighted by molar-refractivity contribution is 0.173. The molecule has 0 bridgehead atoms. The Bertz CT molecular complexity index is 339. The van der Waals surface area contributed by atoms with Crippen molar-refractivity contribution in [1.29, 1.82) is 0 Å². The normalized spacial score (nSPS) is 12.3. The van der Waals surface area contributed by atoms with Crippen molar-refractivity contribution < 1.29 is 14.6 Å². The molecule has 0 aliphatic rings. The van der Waals surface area contributed by atoms with Crippen molar-refractivity contribution in [3.63, 3.8) is 0 Å². The first-order chi connectivity index (χ1) is 7.13. The van der Waals surface area contributed by atoms with Crippen LogP contribution in [0, 0.1) is 0 Å². The number of aliphatic hydroxyl groups excluding tert-OH is 1. The Hall–Kier alpha value is -0.930. The Morgan fingerprint density at radius 1 is 1.33 bits per heavy atom. The molecule has 1 rings (SSSR count). The predicted molar refractivity (Wildman–Crippen MR) is 59.8 cm³/mol. The summed E-state index contributed by atoms with van der Waals surface area (Å²) in [7, 11) is 3.07. The molecule has 1 N–H and O–H groups in total. The van der Waals surface area contributed by atoms with Gasteiger partial charge in [-0.05, 0) is 24.1 Å². The largest absolute Gasteiger partial charge is 0.493 e. The van der Waals surface area contributed by atoms with Gasteiger partial charge in [0.15, 0.2) is 11.5 Å². The monoisotopic (exact) mass is 230 g/mol. The fourth-order valence-electron chi connectivity index (χ4n) is 1.37. The molecular weight excluding hydrogens is 216 g/mol. The van der Waals surface area contributed by atoms with Crippen molar-refractivity contribution in [3.05, 3.63) is 22.7 Å². The van der Waals surface area contributed by atoms with E-state index in [2.05, 4.69) is 0 Å². The summed E-state index contributed by atoms with van der Waals surface area (Å²) in [6.45, 7) is 1.90. The summed E-state index contributed by atoms with van der Waals surface area (Å²) in [5, 5.41) is 10.1. The number of aliphatic hydroxyl groups is 1. The fourth-order valence-corrected chi connectivity index (χ4v) is 1.66. The minimum atomic E-state index is -0.526. The van der Waals surface area contributed by atoms with E-state index < -0.39 is 6.10 Å². The van der Waals surface area contributed by atoms with Crippen molar-refractivity contribution in [2.24, 2.45) is 0 Å². The molecule has 1 atom stereocenters. The van der Waals surface area contributed by atoms with Crippen LogP contribution in [0.25, 0.3) is 0 Å². The van der Waals surface area contributed by atoms with E-state index in [1.807, 2.05) is 6.92 Å². The van der Waals surface area contributed by atoms with Gasteiger partial charge in [-0.2, -0.15) is 0 Å². The second kappa shape index (κ2) is 5.24. The highest BCUT2D eigenvalue weighted by atomic mass is 35.5. The van der Waals surface area contributed by atoms with Gasteiger partial charge < -0.3 is 14.6 Å². The minimum Gasteiger partial charge on any atom is -0.493 e. The highest BCUT2D eigenvalue weighted by Crippen LogP contribution is 2.37. The molecule has 0 aliphatic heterocycles. The van der Waals surface area contributed by atoms with Crippen LogP contribution in [0.5, 0.6) is 11.5 Å². The van der Waals surface area contributed by atoms with Crippen molar-refractivity contribution >= 4 is 11.6 Å². The smallest absolute Gasteiger partial charge is 0.179 e. The van der Waals surface area contributed by atoms with E-state index in [9.17, 15) is 5.11 Å². The molecule has 0 aliphatic carbocycles. The first-order valence-electron chi connectivity index (χ1n) is 4.73. The van der Waals surface area contributed by atoms with Crippen LogP contribution in [0.1, 0.15) is 25.0 Å². The highest BCUT2D eigenvalue weighted by Gasteiger charge is 2.14. The molecule has 1 aromatic rings. The van der Waals surface area contributed by atoms with Crippen molar-refractivity contribution in [1.82, 2.24) is 0 Å². The molecule has 15 heavy (non-hydrogen) atoms. The van der Waals surface area contributed by atoms with Gasteiger partial charge in [-0.25, -0.2) is 0 Å². The number of methoxy groups -OCH3 is 2. The van der Waals surface area contributed by atoms with Crippen molar-refractivity contribution in [2.75, 3.05) is 14.2 Å². The van der Waals surface area contributed by atoms with Crippen LogP contribution in [0.3, 0.4) is 0 Å². The first kappa shape index (κ1) is 12.1. The third-order valence-corrected chi connectivity index (χ3v) is 2.51. The number of benzene rings is 1. The molecule has 0 saturated heterocycles. The van der Waals surface area contributed by atoms with Gasteiger partial charge in [0.1, 0.15) is 0 Å². The first-order valence-corrected chi connectivity index (χ1v) is 5.11. The lowest BCUT2D eigenvalue weighted by atomic mass is 10.1. The number of rotatable bonds is 4. The molecule has 0 saturated carbocycles. The van der Waals surface area contributed by atoms with E-state index >= 15 is 0 Å². The van der Waals surface area contributed by atoms with Gasteiger partial charge in [0.2, 0.25) is 0 Å². The standard InChI is InChI=1S/C11H15ClO3/c1-4-9(13)7-5-8(12)11(15-3)10(6-7)14-2/h5-6,9,13H,4H2,1-3H3/t9-/m0/s1. The molecule has 0 spiro atoms. The fraction of sp³-hybridized carbons (Fsp3) is 0.455. The summed E-state index contributed by atoms with van der Waals surface area (Å²) >= 11 is 6.00. The molecular formula is C11H15ClO3. The molecule has 0 unspecified atom stereocenters. The second-order valence-electron chi connectivity index (χ2n) is 3.16. The third-order valence-electron chi connectivity index (χ3n) is 2.23. The Labute approximate surface area is 94.6 Å². The number of hydrogen-bond donors (Lipinski definition) is 1. The third kappa shape index (κ3) is 2.55. The Balaban J connectivity index is 3.19. The van der Waals surface area contributed by atoms with E-state index in [4.69, 9.17) is 21.1 Å². The van der Waals surface area contributed by atoms with E-state index in [0.717, 1.165) is 5.56 Å². The van der Waals surface area contributed by atoms with Gasteiger partial charge >= 0.3 is 0 Å². The summed E-state index contributed by atoms with van der Waals surface area (Å²) in [6.07, 6.45) is 0.105. The topological polar surface area (TPSA) is 38.7 Å². The van der Waals surface area contributed by atoms with E-state index in [0.29, 0.717) is 22.9 Å². The zero-order valence-electron chi connectivity index (χ0n) is 9.08. The maximum Gasteiger partial charge on any atom is 0.179 e. The average molecular weight is 231 g/mol. The van der Waals surface area contributed by atoms with Crippen LogP contribution in [-0.2, 0) is 0 Å². The minimum absolute atomic E-state index is 0.444. The number of ether oxygens (including phenoxy) is 2. The summed E-state index contributed by atoms with van der Waals surface area (Å²) < 4.78 is 10.2. The van der Waals surface area contributed by atoms with Crippen LogP contribution >= 0.6 is 11.6 Å². The van der Waals surface area contributed by atoms with Gasteiger partial charge in [-0.1, -0.05) is 18.5 Å². The molecule has 0 fully saturated rings. The molecule has 84 valence electrons. The van der Waals surface area contributed by atoms with Gasteiger partial charge in [0, 0.05) is 0 Å². The Morgan fingerprint density at radius 3 is 2.47 bits per heavy atom. The molecule has 0 radical (unpaired) electrons. The SMILES string of the molecule is CC[C@H](O)c1cc(Cl)c(OC)c(OC)c1. The van der Waals surface area contributed by atoms with Crippen LogP contribution in [0.2, 0.25) is 5.02 Å². The molecule has 1 aromatic carbocycles. The van der Waals surface area contributed by atoms with Crippen LogP contribution < -0.4 is 9.47 Å². The summed E-state index contributed by atoms with van der Waals surface area (Å²) in [6, 6.07) is 3.43. The van der Waals surface area contributed by atoms with Crippen LogP contribution in [-0.4, -0.2) is 19.3 Å². The number of hydrogen-bond acceptors (Lipinski definition) is 3. The lowest BCUT2D eigenvalue weighted by Gasteiger charge is -2.14. The zero-order chi connectivity index (χ0) is 11.4. The van der Waals surface area contributed by atoms with Crippen molar-refractivity contribution in [2.45, 2.75) is 19.4 Å². The molecule has 0 aromatic heterocycles. The Kier molecular flexibility index (Phi) is 4.24. The van der Waals surface area contributed by atoms with Gasteiger partial charge in [-0.3, -0.25) is 0 Å². The van der Waals surface area contributed by atoms with Crippen molar-refractivity contribution in [3.8, 4) is 11.5 Å². The van der Waals surface area contributed by atoms with Gasteiger partial charge in [0.25, 0.3) is 0 Å². The molecule has 0 amide bonds. The van der Waals surface area contributed by atoms with E-state index in [1.165, 1.54) is 14.2 Å². The number of halogens is 1. The van der Waals surface area contributed by atoms with Gasteiger partial charge in [0.05, 0.1) is 25.3 Å². The van der Waals surface area contributed by atoms with E-state index in [1.54, 1.807) is 12.1 Å². The highest BCUT2D eigenvalue weighted by molar-refractivity contribution is 6.32. The molecule has 0 heterocycles. The summed E-state index contributed by atoms with van der Waals surface area (Å²) in [5.74, 6) is 1.03. The molecule has 4 heteroatoms. The average Bonchev–Trinajstić information content (AvgIpc) is 2.26. The predicted octanol–water partition coefficient (Wildman–Crippen LogP) is 2.80. The van der Waals surface area contributed by atoms with E-state index in [-0.39, 0.29) is 0 Å². The van der Waals surface area contributed by atoms with Crippen LogP contribution in [0.4, 0.5) is 0 Å². The zero-order valence-corrected chi connectivity index (χ0v) is 9.84.